The predicted octanol–water partition coefficient (Wildman–Crippen LogP) is 3.72. The number of benzene rings is 1. The Balaban J connectivity index is 1.42. The van der Waals surface area contributed by atoms with Gasteiger partial charge in [0.25, 0.3) is 5.91 Å². The molecule has 3 aromatic heterocycles. The highest BCUT2D eigenvalue weighted by Gasteiger charge is 2.19. The lowest BCUT2D eigenvalue weighted by Crippen LogP contribution is -2.32. The molecule has 35 heavy (non-hydrogen) atoms. The number of carbonyl (C=O) groups is 1. The number of nitrogens with one attached hydrogen (secondary N) is 1. The second-order valence-electron chi connectivity index (χ2n) is 9.07. The zero-order chi connectivity index (χ0) is 24.2. The van der Waals surface area contributed by atoms with E-state index in [1.165, 1.54) is 0 Å². The standard InChI is InChI=1S/C27H30N6O2/c1-19-22(16-20-4-6-23(7-5-20)33-12-3-11-29-33)17-25(30-26(19)24-8-13-32(2)31-24)27(34)28-18-21-9-14-35-15-10-21/h3-8,11-13,17,21H,9-10,14-16,18H2,1-2H3,(H,28,34). The molecule has 0 saturated carbocycles. The highest BCUT2D eigenvalue weighted by atomic mass is 16.5. The lowest BCUT2D eigenvalue weighted by Gasteiger charge is -2.22. The van der Waals surface area contributed by atoms with E-state index in [-0.39, 0.29) is 5.91 Å². The van der Waals surface area contributed by atoms with Crippen LogP contribution in [0.3, 0.4) is 0 Å². The van der Waals surface area contributed by atoms with Gasteiger partial charge in [0.1, 0.15) is 11.4 Å². The van der Waals surface area contributed by atoms with Crippen LogP contribution in [0.2, 0.25) is 0 Å². The van der Waals surface area contributed by atoms with Gasteiger partial charge in [-0.25, -0.2) is 9.67 Å². The van der Waals surface area contributed by atoms with Gasteiger partial charge >= 0.3 is 0 Å². The Morgan fingerprint density at radius 3 is 2.63 bits per heavy atom. The molecule has 0 bridgehead atoms. The summed E-state index contributed by atoms with van der Waals surface area (Å²) in [5.74, 6) is 0.296. The topological polar surface area (TPSA) is 86.9 Å². The molecule has 5 rings (SSSR count). The highest BCUT2D eigenvalue weighted by molar-refractivity contribution is 5.93. The van der Waals surface area contributed by atoms with E-state index < -0.39 is 0 Å². The third kappa shape index (κ3) is 5.33. The SMILES string of the molecule is Cc1c(Cc2ccc(-n3cccn3)cc2)cc(C(=O)NCC2CCOCC2)nc1-c1ccn(C)n1. The smallest absolute Gasteiger partial charge is 0.269 e. The minimum absolute atomic E-state index is 0.149. The van der Waals surface area contributed by atoms with Gasteiger partial charge in [-0.3, -0.25) is 9.48 Å². The first-order valence-electron chi connectivity index (χ1n) is 12.0. The third-order valence-electron chi connectivity index (χ3n) is 6.56. The van der Waals surface area contributed by atoms with Crippen LogP contribution in [0.1, 0.15) is 40.0 Å². The van der Waals surface area contributed by atoms with E-state index >= 15 is 0 Å². The number of aromatic nitrogens is 5. The molecule has 0 atom stereocenters. The summed E-state index contributed by atoms with van der Waals surface area (Å²) in [5, 5.41) is 11.9. The van der Waals surface area contributed by atoms with Crippen LogP contribution < -0.4 is 5.32 Å². The quantitative estimate of drug-likeness (QED) is 0.445. The molecule has 0 unspecified atom stereocenters. The Kier molecular flexibility index (Phi) is 6.72. The monoisotopic (exact) mass is 470 g/mol. The zero-order valence-electron chi connectivity index (χ0n) is 20.1. The molecule has 8 nitrogen and oxygen atoms in total. The Hall–Kier alpha value is -3.78. The van der Waals surface area contributed by atoms with Gasteiger partial charge in [-0.1, -0.05) is 12.1 Å². The molecule has 1 N–H and O–H groups in total. The summed E-state index contributed by atoms with van der Waals surface area (Å²) in [5.41, 5.74) is 6.17. The van der Waals surface area contributed by atoms with E-state index in [4.69, 9.17) is 9.72 Å². The molecule has 0 aliphatic carbocycles. The zero-order valence-corrected chi connectivity index (χ0v) is 20.1. The van der Waals surface area contributed by atoms with Gasteiger partial charge in [0.15, 0.2) is 0 Å². The van der Waals surface area contributed by atoms with Crippen LogP contribution in [-0.2, 0) is 18.2 Å². The maximum absolute atomic E-state index is 13.1. The van der Waals surface area contributed by atoms with Crippen LogP contribution in [-0.4, -0.2) is 50.2 Å². The van der Waals surface area contributed by atoms with Crippen LogP contribution in [0.15, 0.2) is 61.1 Å². The normalized spacial score (nSPS) is 14.2. The largest absolute Gasteiger partial charge is 0.381 e. The summed E-state index contributed by atoms with van der Waals surface area (Å²) < 4.78 is 9.02. The van der Waals surface area contributed by atoms with Gasteiger partial charge in [-0.2, -0.15) is 10.2 Å². The van der Waals surface area contributed by atoms with Crippen molar-refractivity contribution in [2.75, 3.05) is 19.8 Å². The molecule has 1 amide bonds. The number of pyridine rings is 1. The van der Waals surface area contributed by atoms with E-state index in [0.29, 0.717) is 24.6 Å². The lowest BCUT2D eigenvalue weighted by atomic mass is 9.97. The van der Waals surface area contributed by atoms with Crippen LogP contribution in [0.4, 0.5) is 0 Å². The highest BCUT2D eigenvalue weighted by Crippen LogP contribution is 2.26. The Morgan fingerprint density at radius 2 is 1.94 bits per heavy atom. The van der Waals surface area contributed by atoms with Crippen LogP contribution in [0, 0.1) is 12.8 Å². The van der Waals surface area contributed by atoms with E-state index in [2.05, 4.69) is 39.8 Å². The molecule has 180 valence electrons. The molecule has 4 heterocycles. The average molecular weight is 471 g/mol. The number of aryl methyl sites for hydroxylation is 1. The molecule has 8 heteroatoms. The Labute approximate surface area is 205 Å². The number of hydrogen-bond acceptors (Lipinski definition) is 5. The summed E-state index contributed by atoms with van der Waals surface area (Å²) in [4.78, 5) is 17.9. The first kappa shape index (κ1) is 23.0. The Bertz CT molecular complexity index is 1290. The van der Waals surface area contributed by atoms with Crippen molar-refractivity contribution >= 4 is 5.91 Å². The third-order valence-corrected chi connectivity index (χ3v) is 6.56. The number of nitrogens with zero attached hydrogens (tertiary/aromatic N) is 5. The maximum Gasteiger partial charge on any atom is 0.269 e. The maximum atomic E-state index is 13.1. The predicted molar refractivity (Wildman–Crippen MR) is 133 cm³/mol. The van der Waals surface area contributed by atoms with Crippen molar-refractivity contribution in [3.05, 3.63) is 83.4 Å². The lowest BCUT2D eigenvalue weighted by molar-refractivity contribution is 0.0642. The number of hydrogen-bond donors (Lipinski definition) is 1. The molecule has 1 fully saturated rings. The number of ether oxygens (including phenoxy) is 1. The van der Waals surface area contributed by atoms with Gasteiger partial charge in [0, 0.05) is 45.4 Å². The minimum Gasteiger partial charge on any atom is -0.381 e. The van der Waals surface area contributed by atoms with Gasteiger partial charge in [0.2, 0.25) is 0 Å². The van der Waals surface area contributed by atoms with Crippen LogP contribution in [0.25, 0.3) is 17.1 Å². The van der Waals surface area contributed by atoms with Crippen molar-refractivity contribution < 1.29 is 9.53 Å². The summed E-state index contributed by atoms with van der Waals surface area (Å²) in [6.45, 7) is 4.21. The van der Waals surface area contributed by atoms with Crippen molar-refractivity contribution in [2.24, 2.45) is 13.0 Å². The second kappa shape index (κ2) is 10.2. The molecule has 4 aromatic rings. The summed E-state index contributed by atoms with van der Waals surface area (Å²) in [6, 6.07) is 14.1. The first-order valence-corrected chi connectivity index (χ1v) is 12.0. The van der Waals surface area contributed by atoms with Crippen molar-refractivity contribution in [3.8, 4) is 17.1 Å². The molecular weight excluding hydrogens is 440 g/mol. The van der Waals surface area contributed by atoms with Gasteiger partial charge in [-0.05, 0) is 79.1 Å². The second-order valence-corrected chi connectivity index (χ2v) is 9.07. The number of carbonyl (C=O) groups excluding carboxylic acids is 1. The number of rotatable bonds is 7. The molecule has 1 aliphatic heterocycles. The fraction of sp³-hybridized carbons (Fsp3) is 0.333. The van der Waals surface area contributed by atoms with E-state index in [1.54, 1.807) is 10.9 Å². The average Bonchev–Trinajstić information content (AvgIpc) is 3.57. The van der Waals surface area contributed by atoms with Crippen LogP contribution >= 0.6 is 0 Å². The van der Waals surface area contributed by atoms with Crippen molar-refractivity contribution in [1.82, 2.24) is 29.9 Å². The summed E-state index contributed by atoms with van der Waals surface area (Å²) >= 11 is 0. The van der Waals surface area contributed by atoms with Crippen molar-refractivity contribution in [3.63, 3.8) is 0 Å². The molecule has 0 radical (unpaired) electrons. The van der Waals surface area contributed by atoms with Crippen molar-refractivity contribution in [1.29, 1.82) is 0 Å². The molecule has 1 saturated heterocycles. The summed E-state index contributed by atoms with van der Waals surface area (Å²) in [7, 11) is 1.88. The van der Waals surface area contributed by atoms with Crippen LogP contribution in [0.5, 0.6) is 0 Å². The fourth-order valence-corrected chi connectivity index (χ4v) is 4.44. The molecule has 1 aromatic carbocycles. The first-order chi connectivity index (χ1) is 17.1. The minimum atomic E-state index is -0.149. The van der Waals surface area contributed by atoms with Gasteiger partial charge < -0.3 is 10.1 Å². The summed E-state index contributed by atoms with van der Waals surface area (Å²) in [6.07, 6.45) is 8.21. The van der Waals surface area contributed by atoms with Gasteiger partial charge in [-0.15, -0.1) is 0 Å². The van der Waals surface area contributed by atoms with Crippen molar-refractivity contribution in [2.45, 2.75) is 26.2 Å². The number of amides is 1. The Morgan fingerprint density at radius 1 is 1.14 bits per heavy atom. The van der Waals surface area contributed by atoms with E-state index in [1.807, 2.05) is 49.2 Å². The molecular formula is C27H30N6O2. The van der Waals surface area contributed by atoms with E-state index in [0.717, 1.165) is 59.8 Å². The van der Waals surface area contributed by atoms with E-state index in [9.17, 15) is 4.79 Å². The van der Waals surface area contributed by atoms with Gasteiger partial charge in [0.05, 0.1) is 11.4 Å². The molecule has 1 aliphatic rings. The fourth-order valence-electron chi connectivity index (χ4n) is 4.44. The molecule has 0 spiro atoms.